The summed E-state index contributed by atoms with van der Waals surface area (Å²) in [6.45, 7) is 12.3. The van der Waals surface area contributed by atoms with Gasteiger partial charge in [0.1, 0.15) is 0 Å². The summed E-state index contributed by atoms with van der Waals surface area (Å²) in [5.74, 6) is 2.59. The van der Waals surface area contributed by atoms with Gasteiger partial charge in [0, 0.05) is 6.04 Å². The van der Waals surface area contributed by atoms with E-state index < -0.39 is 0 Å². The molecular weight excluding hydrogens is 254 g/mol. The van der Waals surface area contributed by atoms with Crippen LogP contribution in [0.2, 0.25) is 0 Å². The van der Waals surface area contributed by atoms with Crippen LogP contribution in [0, 0.1) is 23.2 Å². The molecule has 1 fully saturated rings. The molecule has 0 spiro atoms. The highest BCUT2D eigenvalue weighted by Crippen LogP contribution is 2.41. The summed E-state index contributed by atoms with van der Waals surface area (Å²) in [6.07, 6.45) is 13.4. The van der Waals surface area contributed by atoms with Crippen molar-refractivity contribution in [2.45, 2.75) is 105 Å². The van der Waals surface area contributed by atoms with Crippen molar-refractivity contribution in [3.8, 4) is 0 Å². The molecule has 2 N–H and O–H groups in total. The van der Waals surface area contributed by atoms with Gasteiger partial charge in [0.25, 0.3) is 0 Å². The van der Waals surface area contributed by atoms with E-state index in [2.05, 4.69) is 34.6 Å². The third-order valence-electron chi connectivity index (χ3n) is 6.75. The van der Waals surface area contributed by atoms with Crippen molar-refractivity contribution >= 4 is 0 Å². The highest BCUT2D eigenvalue weighted by atomic mass is 14.6. The molecule has 0 aromatic carbocycles. The predicted molar refractivity (Wildman–Crippen MR) is 95.4 cm³/mol. The molecule has 0 heterocycles. The molecule has 0 saturated heterocycles. The Morgan fingerprint density at radius 3 is 2.19 bits per heavy atom. The Labute approximate surface area is 134 Å². The van der Waals surface area contributed by atoms with Crippen LogP contribution in [0.25, 0.3) is 0 Å². The SMILES string of the molecule is CCC(C)C1(C)CCCC(N)CCCCC(C)C(C)CC1. The molecule has 0 bridgehead atoms. The van der Waals surface area contributed by atoms with E-state index in [-0.39, 0.29) is 0 Å². The Morgan fingerprint density at radius 2 is 1.52 bits per heavy atom. The van der Waals surface area contributed by atoms with Gasteiger partial charge in [0.15, 0.2) is 0 Å². The van der Waals surface area contributed by atoms with Gasteiger partial charge in [-0.1, -0.05) is 66.7 Å². The topological polar surface area (TPSA) is 26.0 Å². The van der Waals surface area contributed by atoms with Crippen LogP contribution in [0.1, 0.15) is 98.8 Å². The molecule has 0 amide bonds. The van der Waals surface area contributed by atoms with Crippen LogP contribution < -0.4 is 5.73 Å². The number of rotatable bonds is 2. The lowest BCUT2D eigenvalue weighted by Gasteiger charge is -2.37. The summed E-state index contributed by atoms with van der Waals surface area (Å²) in [4.78, 5) is 0. The van der Waals surface area contributed by atoms with E-state index in [9.17, 15) is 0 Å². The van der Waals surface area contributed by atoms with Gasteiger partial charge in [-0.05, 0) is 55.3 Å². The fourth-order valence-corrected chi connectivity index (χ4v) is 4.02. The summed E-state index contributed by atoms with van der Waals surface area (Å²) in [7, 11) is 0. The molecular formula is C20H41N. The zero-order valence-electron chi connectivity index (χ0n) is 15.5. The Bertz CT molecular complexity index is 275. The van der Waals surface area contributed by atoms with Gasteiger partial charge in [0.2, 0.25) is 0 Å². The maximum absolute atomic E-state index is 6.31. The van der Waals surface area contributed by atoms with Gasteiger partial charge in [-0.25, -0.2) is 0 Å². The second-order valence-electron chi connectivity index (χ2n) is 8.39. The molecule has 1 heteroatoms. The Balaban J connectivity index is 2.72. The number of hydrogen-bond donors (Lipinski definition) is 1. The summed E-state index contributed by atoms with van der Waals surface area (Å²) >= 11 is 0. The molecule has 0 radical (unpaired) electrons. The molecule has 0 aromatic heterocycles. The van der Waals surface area contributed by atoms with Crippen molar-refractivity contribution in [3.05, 3.63) is 0 Å². The smallest absolute Gasteiger partial charge is 0.00388 e. The van der Waals surface area contributed by atoms with Crippen LogP contribution in [0.5, 0.6) is 0 Å². The first-order valence-electron chi connectivity index (χ1n) is 9.64. The third-order valence-corrected chi connectivity index (χ3v) is 6.75. The minimum absolute atomic E-state index is 0.444. The first-order chi connectivity index (χ1) is 9.89. The molecule has 1 saturated carbocycles. The second kappa shape index (κ2) is 9.18. The first-order valence-corrected chi connectivity index (χ1v) is 9.64. The quantitative estimate of drug-likeness (QED) is 0.648. The van der Waals surface area contributed by atoms with Gasteiger partial charge in [-0.3, -0.25) is 0 Å². The van der Waals surface area contributed by atoms with Gasteiger partial charge < -0.3 is 5.73 Å². The zero-order valence-corrected chi connectivity index (χ0v) is 15.5. The van der Waals surface area contributed by atoms with Gasteiger partial charge in [0.05, 0.1) is 0 Å². The fraction of sp³-hybridized carbons (Fsp3) is 1.00. The summed E-state index contributed by atoms with van der Waals surface area (Å²) in [5, 5.41) is 0. The van der Waals surface area contributed by atoms with E-state index in [1.807, 2.05) is 0 Å². The maximum atomic E-state index is 6.31. The highest BCUT2D eigenvalue weighted by molar-refractivity contribution is 4.82. The molecule has 1 aliphatic rings. The van der Waals surface area contributed by atoms with Gasteiger partial charge in [-0.15, -0.1) is 0 Å². The Hall–Kier alpha value is -0.0400. The van der Waals surface area contributed by atoms with E-state index in [1.165, 1.54) is 64.2 Å². The molecule has 21 heavy (non-hydrogen) atoms. The number of hydrogen-bond acceptors (Lipinski definition) is 1. The Kier molecular flexibility index (Phi) is 8.31. The lowest BCUT2D eigenvalue weighted by Crippen LogP contribution is -2.27. The lowest BCUT2D eigenvalue weighted by atomic mass is 9.68. The Morgan fingerprint density at radius 1 is 0.952 bits per heavy atom. The molecule has 0 aliphatic heterocycles. The largest absolute Gasteiger partial charge is 0.328 e. The summed E-state index contributed by atoms with van der Waals surface area (Å²) in [6, 6.07) is 0.444. The van der Waals surface area contributed by atoms with Crippen molar-refractivity contribution in [2.75, 3.05) is 0 Å². The van der Waals surface area contributed by atoms with Gasteiger partial charge >= 0.3 is 0 Å². The average Bonchev–Trinajstić information content (AvgIpc) is 2.47. The maximum Gasteiger partial charge on any atom is 0.00388 e. The first kappa shape index (κ1) is 19.0. The molecule has 5 atom stereocenters. The minimum Gasteiger partial charge on any atom is -0.328 e. The summed E-state index contributed by atoms with van der Waals surface area (Å²) in [5.41, 5.74) is 6.84. The normalized spacial score (nSPS) is 38.9. The highest BCUT2D eigenvalue weighted by Gasteiger charge is 2.30. The lowest BCUT2D eigenvalue weighted by molar-refractivity contribution is 0.137. The van der Waals surface area contributed by atoms with Crippen molar-refractivity contribution in [1.82, 2.24) is 0 Å². The van der Waals surface area contributed by atoms with Crippen LogP contribution in [-0.4, -0.2) is 6.04 Å². The molecule has 126 valence electrons. The third kappa shape index (κ3) is 6.30. The van der Waals surface area contributed by atoms with E-state index in [0.717, 1.165) is 17.8 Å². The minimum atomic E-state index is 0.444. The number of nitrogens with two attached hydrogens (primary N) is 1. The second-order valence-corrected chi connectivity index (χ2v) is 8.39. The molecule has 1 nitrogen and oxygen atoms in total. The molecule has 1 rings (SSSR count). The molecule has 1 aliphatic carbocycles. The predicted octanol–water partition coefficient (Wildman–Crippen LogP) is 6.16. The van der Waals surface area contributed by atoms with Crippen LogP contribution in [0.3, 0.4) is 0 Å². The van der Waals surface area contributed by atoms with Crippen molar-refractivity contribution in [2.24, 2.45) is 28.9 Å². The average molecular weight is 296 g/mol. The molecule has 5 unspecified atom stereocenters. The van der Waals surface area contributed by atoms with Crippen molar-refractivity contribution < 1.29 is 0 Å². The zero-order chi connectivity index (χ0) is 15.9. The standard InChI is InChI=1S/C20H41N/c1-6-18(4)20(5)14-9-12-19(21)11-8-7-10-16(2)17(3)13-15-20/h16-19H,6-15,21H2,1-5H3. The van der Waals surface area contributed by atoms with Crippen LogP contribution >= 0.6 is 0 Å². The van der Waals surface area contributed by atoms with Crippen LogP contribution in [-0.2, 0) is 0 Å². The van der Waals surface area contributed by atoms with Crippen LogP contribution in [0.4, 0.5) is 0 Å². The van der Waals surface area contributed by atoms with Gasteiger partial charge in [-0.2, -0.15) is 0 Å². The van der Waals surface area contributed by atoms with E-state index >= 15 is 0 Å². The molecule has 0 aromatic rings. The van der Waals surface area contributed by atoms with Crippen molar-refractivity contribution in [1.29, 1.82) is 0 Å². The van der Waals surface area contributed by atoms with E-state index in [1.54, 1.807) is 0 Å². The van der Waals surface area contributed by atoms with Crippen molar-refractivity contribution in [3.63, 3.8) is 0 Å². The monoisotopic (exact) mass is 295 g/mol. The summed E-state index contributed by atoms with van der Waals surface area (Å²) < 4.78 is 0. The van der Waals surface area contributed by atoms with Crippen LogP contribution in [0.15, 0.2) is 0 Å². The fourth-order valence-electron chi connectivity index (χ4n) is 4.02. The van der Waals surface area contributed by atoms with E-state index in [4.69, 9.17) is 5.73 Å². The van der Waals surface area contributed by atoms with E-state index in [0.29, 0.717) is 11.5 Å².